The third-order valence-corrected chi connectivity index (χ3v) is 6.19. The van der Waals surface area contributed by atoms with Crippen LogP contribution in [0, 0.1) is 13.8 Å². The van der Waals surface area contributed by atoms with Crippen molar-refractivity contribution in [3.8, 4) is 11.4 Å². The Kier molecular flexibility index (Phi) is 8.65. The summed E-state index contributed by atoms with van der Waals surface area (Å²) in [7, 11) is 0. The van der Waals surface area contributed by atoms with Crippen molar-refractivity contribution in [2.45, 2.75) is 45.8 Å². The highest BCUT2D eigenvalue weighted by molar-refractivity contribution is 7.99. The van der Waals surface area contributed by atoms with Gasteiger partial charge < -0.3 is 14.8 Å². The van der Waals surface area contributed by atoms with Crippen LogP contribution in [0.1, 0.15) is 31.4 Å². The zero-order valence-corrected chi connectivity index (χ0v) is 20.5. The highest BCUT2D eigenvalue weighted by Gasteiger charge is 2.20. The Hall–Kier alpha value is -3.13. The number of hydrogen-bond donors (Lipinski definition) is 1. The molecule has 0 fully saturated rings. The van der Waals surface area contributed by atoms with Gasteiger partial charge in [-0.1, -0.05) is 60.6 Å². The Bertz CT molecular complexity index is 1110. The van der Waals surface area contributed by atoms with Gasteiger partial charge in [-0.05, 0) is 44.9 Å². The summed E-state index contributed by atoms with van der Waals surface area (Å²) in [6, 6.07) is 15.7. The maximum atomic E-state index is 13.0. The number of carbonyl (C=O) groups excluding carboxylic acids is 2. The number of para-hydroxylation sites is 1. The first-order chi connectivity index (χ1) is 15.9. The number of nitrogens with one attached hydrogen (secondary N) is 1. The van der Waals surface area contributed by atoms with Crippen LogP contribution in [0.3, 0.4) is 0 Å². The average molecular weight is 466 g/mol. The van der Waals surface area contributed by atoms with E-state index in [4.69, 9.17) is 0 Å². The molecule has 3 rings (SSSR count). The number of carbonyl (C=O) groups is 2. The molecule has 0 aliphatic carbocycles. The lowest BCUT2D eigenvalue weighted by Gasteiger charge is -2.21. The van der Waals surface area contributed by atoms with Crippen molar-refractivity contribution in [3.05, 3.63) is 59.7 Å². The van der Waals surface area contributed by atoms with Gasteiger partial charge in [0.2, 0.25) is 11.8 Å². The lowest BCUT2D eigenvalue weighted by Crippen LogP contribution is -2.39. The van der Waals surface area contributed by atoms with E-state index in [1.54, 1.807) is 4.90 Å². The van der Waals surface area contributed by atoms with E-state index in [-0.39, 0.29) is 24.1 Å². The number of benzene rings is 2. The minimum Gasteiger partial charge on any atom is -0.333 e. The van der Waals surface area contributed by atoms with Crippen LogP contribution < -0.4 is 5.32 Å². The first kappa shape index (κ1) is 24.5. The molecule has 1 aromatic heterocycles. The molecule has 2 amide bonds. The molecule has 3 aromatic rings. The van der Waals surface area contributed by atoms with Crippen LogP contribution in [0.5, 0.6) is 0 Å². The zero-order valence-electron chi connectivity index (χ0n) is 19.7. The molecule has 0 bridgehead atoms. The van der Waals surface area contributed by atoms with Crippen molar-refractivity contribution in [3.63, 3.8) is 0 Å². The molecule has 0 aliphatic rings. The fraction of sp³-hybridized carbons (Fsp3) is 0.360. The molecule has 0 saturated carbocycles. The van der Waals surface area contributed by atoms with Gasteiger partial charge in [0, 0.05) is 24.3 Å². The summed E-state index contributed by atoms with van der Waals surface area (Å²) in [4.78, 5) is 27.1. The third-order valence-electron chi connectivity index (χ3n) is 5.23. The van der Waals surface area contributed by atoms with Gasteiger partial charge in [-0.3, -0.25) is 9.59 Å². The molecule has 0 spiro atoms. The van der Waals surface area contributed by atoms with E-state index in [1.807, 2.05) is 74.7 Å². The SMILES string of the molecule is CCCN(CC(=O)Nc1ccccc1C)C(=O)CSc1nnc(-c2cccc(C)c2)n1CC. The van der Waals surface area contributed by atoms with E-state index in [0.717, 1.165) is 34.6 Å². The Morgan fingerprint density at radius 1 is 1.06 bits per heavy atom. The van der Waals surface area contributed by atoms with Gasteiger partial charge in [-0.15, -0.1) is 10.2 Å². The molecule has 7 nitrogen and oxygen atoms in total. The standard InChI is InChI=1S/C25H31N5O2S/c1-5-14-29(16-22(31)26-21-13-8-7-11-19(21)4)23(32)17-33-25-28-27-24(30(25)6-2)20-12-9-10-18(3)15-20/h7-13,15H,5-6,14,16-17H2,1-4H3,(H,26,31). The normalized spacial score (nSPS) is 10.8. The summed E-state index contributed by atoms with van der Waals surface area (Å²) in [5.74, 6) is 0.696. The lowest BCUT2D eigenvalue weighted by atomic mass is 10.1. The van der Waals surface area contributed by atoms with Crippen molar-refractivity contribution in [2.75, 3.05) is 24.2 Å². The van der Waals surface area contributed by atoms with Crippen molar-refractivity contribution in [1.82, 2.24) is 19.7 Å². The van der Waals surface area contributed by atoms with Crippen LogP contribution >= 0.6 is 11.8 Å². The first-order valence-electron chi connectivity index (χ1n) is 11.2. The number of hydrogen-bond acceptors (Lipinski definition) is 5. The Morgan fingerprint density at radius 3 is 2.55 bits per heavy atom. The number of nitrogens with zero attached hydrogens (tertiary/aromatic N) is 4. The second-order valence-electron chi connectivity index (χ2n) is 7.89. The molecule has 0 unspecified atom stereocenters. The van der Waals surface area contributed by atoms with Crippen LogP contribution in [0.15, 0.2) is 53.7 Å². The van der Waals surface area contributed by atoms with Gasteiger partial charge in [0.05, 0.1) is 12.3 Å². The largest absolute Gasteiger partial charge is 0.333 e. The number of rotatable bonds is 10. The number of amides is 2. The predicted octanol–water partition coefficient (Wildman–Crippen LogP) is 4.55. The minimum atomic E-state index is -0.199. The molecule has 2 aromatic carbocycles. The number of thioether (sulfide) groups is 1. The van der Waals surface area contributed by atoms with E-state index in [2.05, 4.69) is 21.6 Å². The van der Waals surface area contributed by atoms with Crippen LogP contribution in [-0.2, 0) is 16.1 Å². The fourth-order valence-electron chi connectivity index (χ4n) is 3.53. The number of aromatic nitrogens is 3. The van der Waals surface area contributed by atoms with Gasteiger partial charge in [0.25, 0.3) is 0 Å². The van der Waals surface area contributed by atoms with Gasteiger partial charge >= 0.3 is 0 Å². The number of anilines is 1. The van der Waals surface area contributed by atoms with Crippen molar-refractivity contribution in [1.29, 1.82) is 0 Å². The van der Waals surface area contributed by atoms with Crippen molar-refractivity contribution >= 4 is 29.3 Å². The van der Waals surface area contributed by atoms with E-state index < -0.39 is 0 Å². The monoisotopic (exact) mass is 465 g/mol. The Labute approximate surface area is 199 Å². The summed E-state index contributed by atoms with van der Waals surface area (Å²) in [6.45, 7) is 9.26. The molecule has 1 N–H and O–H groups in total. The third kappa shape index (κ3) is 6.44. The molecule has 0 radical (unpaired) electrons. The molecular weight excluding hydrogens is 434 g/mol. The fourth-order valence-corrected chi connectivity index (χ4v) is 4.44. The molecule has 0 atom stereocenters. The second kappa shape index (κ2) is 11.7. The van der Waals surface area contributed by atoms with Crippen LogP contribution in [0.25, 0.3) is 11.4 Å². The van der Waals surface area contributed by atoms with Gasteiger partial charge in [0.15, 0.2) is 11.0 Å². The maximum absolute atomic E-state index is 13.0. The minimum absolute atomic E-state index is 0.0244. The molecule has 0 aliphatic heterocycles. The molecule has 33 heavy (non-hydrogen) atoms. The average Bonchev–Trinajstić information content (AvgIpc) is 3.21. The predicted molar refractivity (Wildman–Crippen MR) is 133 cm³/mol. The molecule has 1 heterocycles. The summed E-state index contributed by atoms with van der Waals surface area (Å²) in [6.07, 6.45) is 0.775. The van der Waals surface area contributed by atoms with Crippen molar-refractivity contribution in [2.24, 2.45) is 0 Å². The van der Waals surface area contributed by atoms with E-state index in [1.165, 1.54) is 11.8 Å². The summed E-state index contributed by atoms with van der Waals surface area (Å²) < 4.78 is 2.02. The highest BCUT2D eigenvalue weighted by Crippen LogP contribution is 2.25. The van der Waals surface area contributed by atoms with E-state index in [0.29, 0.717) is 18.2 Å². The summed E-state index contributed by atoms with van der Waals surface area (Å²) in [5, 5.41) is 12.3. The van der Waals surface area contributed by atoms with Gasteiger partial charge in [-0.25, -0.2) is 0 Å². The summed E-state index contributed by atoms with van der Waals surface area (Å²) in [5.41, 5.74) is 3.91. The molecule has 0 saturated heterocycles. The van der Waals surface area contributed by atoms with Crippen LogP contribution in [0.4, 0.5) is 5.69 Å². The van der Waals surface area contributed by atoms with Gasteiger partial charge in [-0.2, -0.15) is 0 Å². The van der Waals surface area contributed by atoms with Crippen molar-refractivity contribution < 1.29 is 9.59 Å². The van der Waals surface area contributed by atoms with Crippen LogP contribution in [-0.4, -0.2) is 50.3 Å². The number of aryl methyl sites for hydroxylation is 2. The topological polar surface area (TPSA) is 80.1 Å². The molecular formula is C25H31N5O2S. The zero-order chi connectivity index (χ0) is 23.8. The Morgan fingerprint density at radius 2 is 1.85 bits per heavy atom. The van der Waals surface area contributed by atoms with Crippen LogP contribution in [0.2, 0.25) is 0 Å². The first-order valence-corrected chi connectivity index (χ1v) is 12.2. The van der Waals surface area contributed by atoms with Gasteiger partial charge in [0.1, 0.15) is 0 Å². The smallest absolute Gasteiger partial charge is 0.244 e. The summed E-state index contributed by atoms with van der Waals surface area (Å²) >= 11 is 1.35. The quantitative estimate of drug-likeness (QED) is 0.444. The lowest BCUT2D eigenvalue weighted by molar-refractivity contribution is -0.132. The molecule has 8 heteroatoms. The maximum Gasteiger partial charge on any atom is 0.244 e. The second-order valence-corrected chi connectivity index (χ2v) is 8.83. The Balaban J connectivity index is 1.65. The van der Waals surface area contributed by atoms with E-state index >= 15 is 0 Å². The molecule has 174 valence electrons. The van der Waals surface area contributed by atoms with E-state index in [9.17, 15) is 9.59 Å². The highest BCUT2D eigenvalue weighted by atomic mass is 32.2.